The molecule has 4 heteroatoms. The van der Waals surface area contributed by atoms with Crippen LogP contribution in [0.15, 0.2) is 24.8 Å². The molecule has 2 aromatic rings. The van der Waals surface area contributed by atoms with Crippen molar-refractivity contribution in [2.45, 2.75) is 6.92 Å². The molecule has 0 atom stereocenters. The van der Waals surface area contributed by atoms with Crippen LogP contribution in [-0.2, 0) is 0 Å². The minimum atomic E-state index is 0.338. The van der Waals surface area contributed by atoms with Gasteiger partial charge in [-0.25, -0.2) is 9.97 Å². The van der Waals surface area contributed by atoms with E-state index in [1.165, 1.54) is 6.33 Å². The summed E-state index contributed by atoms with van der Waals surface area (Å²) in [5, 5.41) is 0.852. The van der Waals surface area contributed by atoms with Gasteiger partial charge in [0.15, 0.2) is 6.61 Å². The molecule has 0 bridgehead atoms. The highest BCUT2D eigenvalue weighted by molar-refractivity contribution is 5.81. The molecule has 0 amide bonds. The first-order chi connectivity index (χ1) is 7.42. The SMILES string of the molecule is CC#CCOc1ncnc2cnccc12. The lowest BCUT2D eigenvalue weighted by molar-refractivity contribution is 0.359. The minimum absolute atomic E-state index is 0.338. The van der Waals surface area contributed by atoms with Crippen LogP contribution in [0.5, 0.6) is 5.88 Å². The number of hydrogen-bond donors (Lipinski definition) is 0. The van der Waals surface area contributed by atoms with Crippen LogP contribution in [0.2, 0.25) is 0 Å². The fourth-order valence-corrected chi connectivity index (χ4v) is 1.17. The van der Waals surface area contributed by atoms with E-state index < -0.39 is 0 Å². The van der Waals surface area contributed by atoms with E-state index in [-0.39, 0.29) is 0 Å². The summed E-state index contributed by atoms with van der Waals surface area (Å²) in [7, 11) is 0. The molecule has 0 fully saturated rings. The maximum Gasteiger partial charge on any atom is 0.225 e. The number of hydrogen-bond acceptors (Lipinski definition) is 4. The van der Waals surface area contributed by atoms with Crippen LogP contribution in [0, 0.1) is 11.8 Å². The van der Waals surface area contributed by atoms with Crippen LogP contribution in [-0.4, -0.2) is 21.6 Å². The maximum absolute atomic E-state index is 5.41. The molecule has 0 radical (unpaired) electrons. The topological polar surface area (TPSA) is 47.9 Å². The molecule has 15 heavy (non-hydrogen) atoms. The third-order valence-electron chi connectivity index (χ3n) is 1.86. The van der Waals surface area contributed by atoms with Crippen molar-refractivity contribution in [2.24, 2.45) is 0 Å². The van der Waals surface area contributed by atoms with Gasteiger partial charge < -0.3 is 4.74 Å². The second-order valence-electron chi connectivity index (χ2n) is 2.79. The number of nitrogens with zero attached hydrogens (tertiary/aromatic N) is 3. The van der Waals surface area contributed by atoms with E-state index in [2.05, 4.69) is 26.8 Å². The largest absolute Gasteiger partial charge is 0.464 e. The number of ether oxygens (including phenoxy) is 1. The van der Waals surface area contributed by atoms with Crippen molar-refractivity contribution in [1.29, 1.82) is 0 Å². The predicted molar refractivity (Wildman–Crippen MR) is 56.3 cm³/mol. The molecule has 0 saturated carbocycles. The molecule has 0 aliphatic rings. The molecule has 0 aliphatic heterocycles. The first-order valence-corrected chi connectivity index (χ1v) is 4.49. The van der Waals surface area contributed by atoms with Gasteiger partial charge in [0.1, 0.15) is 6.33 Å². The van der Waals surface area contributed by atoms with Gasteiger partial charge in [0.25, 0.3) is 0 Å². The molecule has 0 N–H and O–H groups in total. The second-order valence-corrected chi connectivity index (χ2v) is 2.79. The number of fused-ring (bicyclic) bond motifs is 1. The van der Waals surface area contributed by atoms with Crippen molar-refractivity contribution in [2.75, 3.05) is 6.61 Å². The van der Waals surface area contributed by atoms with Crippen molar-refractivity contribution in [3.05, 3.63) is 24.8 Å². The van der Waals surface area contributed by atoms with E-state index >= 15 is 0 Å². The molecule has 0 saturated heterocycles. The lowest BCUT2D eigenvalue weighted by Gasteiger charge is -2.03. The highest BCUT2D eigenvalue weighted by Gasteiger charge is 2.02. The molecule has 2 rings (SSSR count). The van der Waals surface area contributed by atoms with Crippen molar-refractivity contribution in [1.82, 2.24) is 15.0 Å². The third kappa shape index (κ3) is 2.02. The molecule has 74 valence electrons. The van der Waals surface area contributed by atoms with Gasteiger partial charge in [-0.3, -0.25) is 4.98 Å². The van der Waals surface area contributed by atoms with Crippen molar-refractivity contribution in [3.8, 4) is 17.7 Å². The van der Waals surface area contributed by atoms with Crippen molar-refractivity contribution >= 4 is 10.9 Å². The van der Waals surface area contributed by atoms with E-state index in [1.807, 2.05) is 6.07 Å². The van der Waals surface area contributed by atoms with Gasteiger partial charge in [-0.1, -0.05) is 5.92 Å². The summed E-state index contributed by atoms with van der Waals surface area (Å²) in [5.41, 5.74) is 0.770. The lowest BCUT2D eigenvalue weighted by Crippen LogP contribution is -1.97. The summed E-state index contributed by atoms with van der Waals surface area (Å²) in [6.45, 7) is 2.11. The maximum atomic E-state index is 5.41. The standard InChI is InChI=1S/C11H9N3O/c1-2-3-6-15-11-9-4-5-12-7-10(9)13-8-14-11/h4-5,7-8H,6H2,1H3. The average molecular weight is 199 g/mol. The highest BCUT2D eigenvalue weighted by atomic mass is 16.5. The average Bonchev–Trinajstić information content (AvgIpc) is 2.30. The molecule has 2 heterocycles. The smallest absolute Gasteiger partial charge is 0.225 e. The van der Waals surface area contributed by atoms with Crippen LogP contribution in [0.4, 0.5) is 0 Å². The Kier molecular flexibility index (Phi) is 2.75. The zero-order valence-corrected chi connectivity index (χ0v) is 8.27. The zero-order valence-electron chi connectivity index (χ0n) is 8.27. The quantitative estimate of drug-likeness (QED) is 0.686. The molecule has 0 aliphatic carbocycles. The molecule has 4 nitrogen and oxygen atoms in total. The van der Waals surface area contributed by atoms with Crippen molar-refractivity contribution < 1.29 is 4.74 Å². The van der Waals surface area contributed by atoms with Crippen LogP contribution in [0.25, 0.3) is 10.9 Å². The van der Waals surface area contributed by atoms with E-state index in [0.29, 0.717) is 12.5 Å². The van der Waals surface area contributed by atoms with E-state index in [1.54, 1.807) is 19.3 Å². The summed E-state index contributed by atoms with van der Waals surface area (Å²) in [5.74, 6) is 6.11. The summed E-state index contributed by atoms with van der Waals surface area (Å²) in [4.78, 5) is 12.1. The normalized spacial score (nSPS) is 9.40. The van der Waals surface area contributed by atoms with Gasteiger partial charge in [-0.2, -0.15) is 0 Å². The van der Waals surface area contributed by atoms with E-state index in [0.717, 1.165) is 10.9 Å². The zero-order chi connectivity index (χ0) is 10.5. The molecule has 0 aromatic carbocycles. The third-order valence-corrected chi connectivity index (χ3v) is 1.86. The monoisotopic (exact) mass is 199 g/mol. The molecule has 2 aromatic heterocycles. The Bertz CT molecular complexity index is 523. The Morgan fingerprint density at radius 2 is 2.33 bits per heavy atom. The Balaban J connectivity index is 2.36. The Morgan fingerprint density at radius 1 is 1.40 bits per heavy atom. The van der Waals surface area contributed by atoms with Gasteiger partial charge in [-0.15, -0.1) is 5.92 Å². The summed E-state index contributed by atoms with van der Waals surface area (Å²) < 4.78 is 5.41. The first-order valence-electron chi connectivity index (χ1n) is 4.49. The molecule has 0 spiro atoms. The van der Waals surface area contributed by atoms with Gasteiger partial charge in [0.05, 0.1) is 17.1 Å². The Labute approximate surface area is 87.3 Å². The van der Waals surface area contributed by atoms with Gasteiger partial charge in [-0.05, 0) is 13.0 Å². The molecular weight excluding hydrogens is 190 g/mol. The molecular formula is C11H9N3O. The van der Waals surface area contributed by atoms with Crippen LogP contribution in [0.1, 0.15) is 6.92 Å². The fraction of sp³-hybridized carbons (Fsp3) is 0.182. The predicted octanol–water partition coefficient (Wildman–Crippen LogP) is 1.43. The fourth-order valence-electron chi connectivity index (χ4n) is 1.17. The van der Waals surface area contributed by atoms with Crippen molar-refractivity contribution in [3.63, 3.8) is 0 Å². The van der Waals surface area contributed by atoms with E-state index in [4.69, 9.17) is 4.74 Å². The van der Waals surface area contributed by atoms with Gasteiger partial charge in [0.2, 0.25) is 5.88 Å². The van der Waals surface area contributed by atoms with E-state index in [9.17, 15) is 0 Å². The lowest BCUT2D eigenvalue weighted by atomic mass is 10.3. The Morgan fingerprint density at radius 3 is 3.20 bits per heavy atom. The van der Waals surface area contributed by atoms with Gasteiger partial charge in [0, 0.05) is 6.20 Å². The summed E-state index contributed by atoms with van der Waals surface area (Å²) in [6.07, 6.45) is 4.82. The van der Waals surface area contributed by atoms with Crippen LogP contribution >= 0.6 is 0 Å². The Hall–Kier alpha value is -2.15. The van der Waals surface area contributed by atoms with Crippen LogP contribution < -0.4 is 4.74 Å². The number of rotatable bonds is 2. The summed E-state index contributed by atoms with van der Waals surface area (Å²) >= 11 is 0. The minimum Gasteiger partial charge on any atom is -0.464 e. The number of aromatic nitrogens is 3. The highest BCUT2D eigenvalue weighted by Crippen LogP contribution is 2.19. The first kappa shape index (κ1) is 9.41. The second kappa shape index (κ2) is 4.38. The van der Waals surface area contributed by atoms with Gasteiger partial charge >= 0.3 is 0 Å². The van der Waals surface area contributed by atoms with Crippen LogP contribution in [0.3, 0.4) is 0 Å². The molecule has 0 unspecified atom stereocenters. The number of pyridine rings is 1. The summed E-state index contributed by atoms with van der Waals surface area (Å²) in [6, 6.07) is 1.82.